The highest BCUT2D eigenvalue weighted by atomic mass is 32.2. The van der Waals surface area contributed by atoms with Crippen molar-refractivity contribution in [3.8, 4) is 0 Å². The van der Waals surface area contributed by atoms with E-state index >= 15 is 0 Å². The van der Waals surface area contributed by atoms with E-state index in [0.29, 0.717) is 10.7 Å². The highest BCUT2D eigenvalue weighted by Gasteiger charge is 2.27. The van der Waals surface area contributed by atoms with E-state index in [9.17, 15) is 9.59 Å². The van der Waals surface area contributed by atoms with Gasteiger partial charge in [-0.05, 0) is 23.6 Å². The van der Waals surface area contributed by atoms with E-state index in [4.69, 9.17) is 0 Å². The second-order valence-corrected chi connectivity index (χ2v) is 9.04. The Morgan fingerprint density at radius 2 is 1.70 bits per heavy atom. The fourth-order valence-electron chi connectivity index (χ4n) is 2.74. The van der Waals surface area contributed by atoms with Gasteiger partial charge < -0.3 is 5.32 Å². The van der Waals surface area contributed by atoms with E-state index in [-0.39, 0.29) is 17.7 Å². The number of hydrogen-bond donors (Lipinski definition) is 2. The molecule has 2 unspecified atom stereocenters. The average Bonchev–Trinajstić information content (AvgIpc) is 3.23. The lowest BCUT2D eigenvalue weighted by molar-refractivity contribution is -0.119. The molecule has 1 aromatic heterocycles. The first-order valence-corrected chi connectivity index (χ1v) is 11.5. The lowest BCUT2D eigenvalue weighted by Gasteiger charge is -2.23. The lowest BCUT2D eigenvalue weighted by atomic mass is 9.98. The van der Waals surface area contributed by atoms with Gasteiger partial charge in [0.25, 0.3) is 5.91 Å². The lowest BCUT2D eigenvalue weighted by Crippen LogP contribution is -2.47. The number of nitrogens with zero attached hydrogens (tertiary/aromatic N) is 2. The van der Waals surface area contributed by atoms with Crippen molar-refractivity contribution in [3.63, 3.8) is 0 Å². The molecule has 8 heteroatoms. The van der Waals surface area contributed by atoms with Gasteiger partial charge in [0.05, 0.1) is 0 Å². The Bertz CT molecular complexity index is 964. The van der Waals surface area contributed by atoms with E-state index in [1.165, 1.54) is 16.9 Å². The smallest absolute Gasteiger partial charge is 0.251 e. The molecule has 0 aliphatic rings. The molecule has 2 N–H and O–H groups in total. The molecule has 0 fully saturated rings. The van der Waals surface area contributed by atoms with Crippen molar-refractivity contribution in [2.75, 3.05) is 5.32 Å². The molecule has 0 saturated heterocycles. The first kappa shape index (κ1) is 22.0. The largest absolute Gasteiger partial charge is 0.340 e. The summed E-state index contributed by atoms with van der Waals surface area (Å²) < 4.78 is 0.780. The summed E-state index contributed by atoms with van der Waals surface area (Å²) in [5, 5.41) is 14.3. The minimum atomic E-state index is -0.660. The Hall–Kier alpha value is -2.71. The van der Waals surface area contributed by atoms with Crippen LogP contribution < -0.4 is 10.6 Å². The van der Waals surface area contributed by atoms with Crippen LogP contribution >= 0.6 is 23.1 Å². The number of carbonyl (C=O) groups is 2. The third-order valence-electron chi connectivity index (χ3n) is 4.66. The molecule has 0 bridgehead atoms. The van der Waals surface area contributed by atoms with Crippen LogP contribution in [0, 0.1) is 5.92 Å². The summed E-state index contributed by atoms with van der Waals surface area (Å²) in [6.07, 6.45) is 0.751. The van der Waals surface area contributed by atoms with Crippen molar-refractivity contribution in [1.82, 2.24) is 15.5 Å². The van der Waals surface area contributed by atoms with Crippen molar-refractivity contribution >= 4 is 40.0 Å². The van der Waals surface area contributed by atoms with Gasteiger partial charge in [-0.2, -0.15) is 0 Å². The van der Waals surface area contributed by atoms with Gasteiger partial charge in [-0.15, -0.1) is 10.2 Å². The number of amides is 2. The maximum absolute atomic E-state index is 12.9. The molecule has 0 spiro atoms. The minimum absolute atomic E-state index is 0.0301. The van der Waals surface area contributed by atoms with Crippen LogP contribution in [-0.4, -0.2) is 28.1 Å². The third kappa shape index (κ3) is 6.14. The van der Waals surface area contributed by atoms with Crippen molar-refractivity contribution in [1.29, 1.82) is 0 Å². The van der Waals surface area contributed by atoms with Crippen LogP contribution in [0.25, 0.3) is 0 Å². The number of nitrogens with one attached hydrogen (secondary N) is 2. The van der Waals surface area contributed by atoms with Crippen LogP contribution in [0.2, 0.25) is 0 Å². The number of carbonyl (C=O) groups excluding carboxylic acids is 2. The zero-order valence-corrected chi connectivity index (χ0v) is 18.5. The second-order valence-electron chi connectivity index (χ2n) is 6.84. The normalized spacial score (nSPS) is 12.7. The predicted molar refractivity (Wildman–Crippen MR) is 122 cm³/mol. The number of aromatic nitrogens is 2. The number of thioether (sulfide) groups is 1. The number of hydrogen-bond acceptors (Lipinski definition) is 6. The molecule has 0 radical (unpaired) electrons. The van der Waals surface area contributed by atoms with Gasteiger partial charge in [-0.25, -0.2) is 0 Å². The summed E-state index contributed by atoms with van der Waals surface area (Å²) in [5.41, 5.74) is 1.72. The maximum atomic E-state index is 12.9. The molecule has 0 aliphatic carbocycles. The molecule has 30 heavy (non-hydrogen) atoms. The van der Waals surface area contributed by atoms with Gasteiger partial charge >= 0.3 is 0 Å². The topological polar surface area (TPSA) is 84.0 Å². The molecule has 156 valence electrons. The summed E-state index contributed by atoms with van der Waals surface area (Å²) >= 11 is 2.90. The fourth-order valence-corrected chi connectivity index (χ4v) is 4.45. The molecule has 1 heterocycles. The molecular formula is C22H24N4O2S2. The summed E-state index contributed by atoms with van der Waals surface area (Å²) in [7, 11) is 0. The quantitative estimate of drug-likeness (QED) is 0.375. The van der Waals surface area contributed by atoms with Gasteiger partial charge in [0, 0.05) is 11.3 Å². The van der Waals surface area contributed by atoms with Gasteiger partial charge in [0.15, 0.2) is 4.34 Å². The van der Waals surface area contributed by atoms with E-state index in [1.54, 1.807) is 36.0 Å². The highest BCUT2D eigenvalue weighted by Crippen LogP contribution is 2.28. The molecule has 2 atom stereocenters. The van der Waals surface area contributed by atoms with Gasteiger partial charge in [-0.1, -0.05) is 91.9 Å². The Kier molecular flexibility index (Phi) is 7.98. The maximum Gasteiger partial charge on any atom is 0.251 e. The Labute approximate surface area is 184 Å². The molecule has 2 amide bonds. The van der Waals surface area contributed by atoms with E-state index in [0.717, 1.165) is 16.5 Å². The van der Waals surface area contributed by atoms with Gasteiger partial charge in [0.2, 0.25) is 11.0 Å². The van der Waals surface area contributed by atoms with Crippen molar-refractivity contribution < 1.29 is 9.59 Å². The van der Waals surface area contributed by atoms with Gasteiger partial charge in [-0.3, -0.25) is 14.9 Å². The monoisotopic (exact) mass is 440 g/mol. The molecular weight excluding hydrogens is 416 g/mol. The zero-order chi connectivity index (χ0) is 21.3. The standard InChI is InChI=1S/C22H24N4O2S2/c1-3-15(2)18(23-19(27)17-12-8-5-9-13-17)20(28)24-21-25-26-22(30-21)29-14-16-10-6-4-7-11-16/h4-13,15,18H,3,14H2,1-2H3,(H,23,27)(H,24,25,28). The summed E-state index contributed by atoms with van der Waals surface area (Å²) in [6, 6.07) is 18.3. The van der Waals surface area contributed by atoms with Crippen molar-refractivity contribution in [2.24, 2.45) is 5.92 Å². The SMILES string of the molecule is CCC(C)C(NC(=O)c1ccccc1)C(=O)Nc1nnc(SCc2ccccc2)s1. The van der Waals surface area contributed by atoms with Crippen LogP contribution in [0.5, 0.6) is 0 Å². The zero-order valence-electron chi connectivity index (χ0n) is 16.9. The van der Waals surface area contributed by atoms with Crippen molar-refractivity contribution in [3.05, 3.63) is 71.8 Å². The molecule has 0 saturated carbocycles. The summed E-state index contributed by atoms with van der Waals surface area (Å²) in [5.74, 6) is 0.195. The van der Waals surface area contributed by atoms with Crippen molar-refractivity contribution in [2.45, 2.75) is 36.4 Å². The van der Waals surface area contributed by atoms with Gasteiger partial charge in [0.1, 0.15) is 6.04 Å². The Morgan fingerprint density at radius 3 is 2.37 bits per heavy atom. The van der Waals surface area contributed by atoms with Crippen LogP contribution in [0.4, 0.5) is 5.13 Å². The predicted octanol–water partition coefficient (Wildman–Crippen LogP) is 4.61. The van der Waals surface area contributed by atoms with Crippen LogP contribution in [0.1, 0.15) is 36.2 Å². The third-order valence-corrected chi connectivity index (χ3v) is 6.70. The van der Waals surface area contributed by atoms with Crippen LogP contribution in [0.3, 0.4) is 0 Å². The van der Waals surface area contributed by atoms with E-state index in [2.05, 4.69) is 33.0 Å². The molecule has 3 rings (SSSR count). The first-order valence-electron chi connectivity index (χ1n) is 9.73. The minimum Gasteiger partial charge on any atom is -0.340 e. The Balaban J connectivity index is 1.61. The highest BCUT2D eigenvalue weighted by molar-refractivity contribution is 8.00. The molecule has 2 aromatic carbocycles. The number of benzene rings is 2. The Morgan fingerprint density at radius 1 is 1.03 bits per heavy atom. The fraction of sp³-hybridized carbons (Fsp3) is 0.273. The summed E-state index contributed by atoms with van der Waals surface area (Å²) in [6.45, 7) is 3.93. The summed E-state index contributed by atoms with van der Waals surface area (Å²) in [4.78, 5) is 25.4. The average molecular weight is 441 g/mol. The molecule has 3 aromatic rings. The molecule has 6 nitrogen and oxygen atoms in total. The molecule has 0 aliphatic heterocycles. The van der Waals surface area contributed by atoms with E-state index in [1.807, 2.05) is 38.1 Å². The number of anilines is 1. The van der Waals surface area contributed by atoms with Crippen LogP contribution in [0.15, 0.2) is 65.0 Å². The first-order chi connectivity index (χ1) is 14.6. The number of rotatable bonds is 9. The van der Waals surface area contributed by atoms with Crippen LogP contribution in [-0.2, 0) is 10.5 Å². The second kappa shape index (κ2) is 10.9. The van der Waals surface area contributed by atoms with E-state index < -0.39 is 6.04 Å².